The first-order valence-electron chi connectivity index (χ1n) is 5.93. The molecule has 104 valence electrons. The van der Waals surface area contributed by atoms with Crippen LogP contribution in [0, 0.1) is 10.1 Å². The third-order valence-electron chi connectivity index (χ3n) is 2.82. The number of non-ortho nitro benzene ring substituents is 1. The van der Waals surface area contributed by atoms with Gasteiger partial charge in [0.25, 0.3) is 11.6 Å². The Bertz CT molecular complexity index is 801. The number of pyridine rings is 1. The standard InChI is InChI=1S/C13H9N5O3/c14-11-6-9(18(19)20)3-4-10(11)13-16-12(17-21-13)8-2-1-5-15-7-8/h1-7H,14H2. The molecule has 0 aliphatic rings. The highest BCUT2D eigenvalue weighted by atomic mass is 16.6. The van der Waals surface area contributed by atoms with E-state index in [0.29, 0.717) is 17.0 Å². The Kier molecular flexibility index (Phi) is 3.03. The van der Waals surface area contributed by atoms with E-state index in [9.17, 15) is 10.1 Å². The molecule has 0 aliphatic carbocycles. The fraction of sp³-hybridized carbons (Fsp3) is 0. The van der Waals surface area contributed by atoms with Crippen molar-refractivity contribution >= 4 is 11.4 Å². The maximum Gasteiger partial charge on any atom is 0.271 e. The number of anilines is 1. The summed E-state index contributed by atoms with van der Waals surface area (Å²) in [6.07, 6.45) is 3.24. The molecule has 2 N–H and O–H groups in total. The van der Waals surface area contributed by atoms with E-state index in [0.717, 1.165) is 0 Å². The maximum absolute atomic E-state index is 10.7. The van der Waals surface area contributed by atoms with Crippen LogP contribution in [0.15, 0.2) is 47.2 Å². The van der Waals surface area contributed by atoms with Gasteiger partial charge in [-0.25, -0.2) is 0 Å². The first-order valence-corrected chi connectivity index (χ1v) is 5.93. The molecule has 0 fully saturated rings. The summed E-state index contributed by atoms with van der Waals surface area (Å²) >= 11 is 0. The summed E-state index contributed by atoms with van der Waals surface area (Å²) < 4.78 is 5.15. The molecule has 0 aliphatic heterocycles. The molecule has 0 saturated carbocycles. The van der Waals surface area contributed by atoms with Crippen LogP contribution in [0.1, 0.15) is 0 Å². The second-order valence-electron chi connectivity index (χ2n) is 4.19. The van der Waals surface area contributed by atoms with Crippen molar-refractivity contribution in [1.29, 1.82) is 0 Å². The van der Waals surface area contributed by atoms with Crippen LogP contribution in [0.2, 0.25) is 0 Å². The van der Waals surface area contributed by atoms with Crippen LogP contribution in [-0.2, 0) is 0 Å². The molecule has 8 nitrogen and oxygen atoms in total. The zero-order valence-corrected chi connectivity index (χ0v) is 10.6. The molecule has 8 heteroatoms. The van der Waals surface area contributed by atoms with E-state index in [1.807, 2.05) is 0 Å². The number of benzene rings is 1. The number of hydrogen-bond donors (Lipinski definition) is 1. The van der Waals surface area contributed by atoms with E-state index in [-0.39, 0.29) is 17.3 Å². The van der Waals surface area contributed by atoms with E-state index in [4.69, 9.17) is 10.3 Å². The van der Waals surface area contributed by atoms with E-state index in [1.54, 1.807) is 24.5 Å². The van der Waals surface area contributed by atoms with Gasteiger partial charge >= 0.3 is 0 Å². The Balaban J connectivity index is 1.99. The van der Waals surface area contributed by atoms with Gasteiger partial charge in [0, 0.05) is 30.1 Å². The Morgan fingerprint density at radius 1 is 1.29 bits per heavy atom. The van der Waals surface area contributed by atoms with Crippen molar-refractivity contribution in [2.24, 2.45) is 0 Å². The number of rotatable bonds is 3. The monoisotopic (exact) mass is 283 g/mol. The molecule has 3 rings (SSSR count). The quantitative estimate of drug-likeness (QED) is 0.444. The number of nitrogens with two attached hydrogens (primary N) is 1. The first-order chi connectivity index (χ1) is 10.1. The smallest absolute Gasteiger partial charge is 0.271 e. The second kappa shape index (κ2) is 5.00. The van der Waals surface area contributed by atoms with Gasteiger partial charge in [-0.05, 0) is 18.2 Å². The fourth-order valence-electron chi connectivity index (χ4n) is 1.80. The fourth-order valence-corrected chi connectivity index (χ4v) is 1.80. The number of nitro benzene ring substituents is 1. The average molecular weight is 283 g/mol. The summed E-state index contributed by atoms with van der Waals surface area (Å²) in [5.74, 6) is 0.567. The lowest BCUT2D eigenvalue weighted by Crippen LogP contribution is -1.94. The minimum absolute atomic E-state index is 0.0942. The lowest BCUT2D eigenvalue weighted by Gasteiger charge is -1.99. The molecule has 0 radical (unpaired) electrons. The van der Waals surface area contributed by atoms with Crippen molar-refractivity contribution in [3.05, 3.63) is 52.8 Å². The molecule has 2 heterocycles. The first kappa shape index (κ1) is 12.7. The van der Waals surface area contributed by atoms with Crippen LogP contribution >= 0.6 is 0 Å². The van der Waals surface area contributed by atoms with Crippen LogP contribution in [0.5, 0.6) is 0 Å². The molecule has 21 heavy (non-hydrogen) atoms. The molecular formula is C13H9N5O3. The van der Waals surface area contributed by atoms with Gasteiger partial charge in [0.2, 0.25) is 5.82 Å². The van der Waals surface area contributed by atoms with E-state index >= 15 is 0 Å². The Labute approximate surface area is 118 Å². The molecule has 3 aromatic rings. The van der Waals surface area contributed by atoms with E-state index in [2.05, 4.69) is 15.1 Å². The van der Waals surface area contributed by atoms with Gasteiger partial charge in [-0.15, -0.1) is 0 Å². The highest BCUT2D eigenvalue weighted by Crippen LogP contribution is 2.29. The van der Waals surface area contributed by atoms with Crippen molar-refractivity contribution in [2.75, 3.05) is 5.73 Å². The average Bonchev–Trinajstić information content (AvgIpc) is 2.97. The number of nitrogens with zero attached hydrogens (tertiary/aromatic N) is 4. The van der Waals surface area contributed by atoms with E-state index in [1.165, 1.54) is 18.2 Å². The van der Waals surface area contributed by atoms with Crippen molar-refractivity contribution in [2.45, 2.75) is 0 Å². The van der Waals surface area contributed by atoms with Gasteiger partial charge in [-0.3, -0.25) is 15.1 Å². The predicted octanol–water partition coefficient (Wildman–Crippen LogP) is 2.29. The number of aromatic nitrogens is 3. The molecule has 0 saturated heterocycles. The van der Waals surface area contributed by atoms with Gasteiger partial charge in [-0.2, -0.15) is 4.98 Å². The van der Waals surface area contributed by atoms with Gasteiger partial charge in [0.1, 0.15) is 0 Å². The number of hydrogen-bond acceptors (Lipinski definition) is 7. The van der Waals surface area contributed by atoms with Gasteiger partial charge in [0.15, 0.2) is 0 Å². The third kappa shape index (κ3) is 2.41. The third-order valence-corrected chi connectivity index (χ3v) is 2.82. The lowest BCUT2D eigenvalue weighted by atomic mass is 10.1. The summed E-state index contributed by atoms with van der Waals surface area (Å²) in [5, 5.41) is 14.5. The number of nitro groups is 1. The van der Waals surface area contributed by atoms with Crippen LogP contribution in [0.4, 0.5) is 11.4 Å². The Hall–Kier alpha value is -3.29. The summed E-state index contributed by atoms with van der Waals surface area (Å²) in [5.41, 5.74) is 7.05. The molecule has 0 unspecified atom stereocenters. The minimum atomic E-state index is -0.519. The van der Waals surface area contributed by atoms with Crippen LogP contribution in [0.3, 0.4) is 0 Å². The Morgan fingerprint density at radius 3 is 2.81 bits per heavy atom. The topological polar surface area (TPSA) is 121 Å². The summed E-state index contributed by atoms with van der Waals surface area (Å²) in [6, 6.07) is 7.61. The zero-order valence-electron chi connectivity index (χ0n) is 10.6. The molecule has 1 aromatic carbocycles. The highest BCUT2D eigenvalue weighted by molar-refractivity contribution is 5.73. The van der Waals surface area contributed by atoms with Crippen LogP contribution in [-0.4, -0.2) is 20.0 Å². The largest absolute Gasteiger partial charge is 0.398 e. The predicted molar refractivity (Wildman–Crippen MR) is 74.0 cm³/mol. The van der Waals surface area contributed by atoms with Crippen molar-refractivity contribution in [3.63, 3.8) is 0 Å². The Morgan fingerprint density at radius 2 is 2.14 bits per heavy atom. The molecule has 0 bridgehead atoms. The summed E-state index contributed by atoms with van der Waals surface area (Å²) in [4.78, 5) is 18.4. The van der Waals surface area contributed by atoms with Crippen molar-refractivity contribution in [1.82, 2.24) is 15.1 Å². The van der Waals surface area contributed by atoms with Gasteiger partial charge in [0.05, 0.1) is 16.2 Å². The van der Waals surface area contributed by atoms with Crippen LogP contribution in [0.25, 0.3) is 22.8 Å². The normalized spacial score (nSPS) is 10.5. The lowest BCUT2D eigenvalue weighted by molar-refractivity contribution is -0.384. The summed E-state index contributed by atoms with van der Waals surface area (Å²) in [6.45, 7) is 0. The second-order valence-corrected chi connectivity index (χ2v) is 4.19. The maximum atomic E-state index is 10.7. The van der Waals surface area contributed by atoms with E-state index < -0.39 is 4.92 Å². The summed E-state index contributed by atoms with van der Waals surface area (Å²) in [7, 11) is 0. The van der Waals surface area contributed by atoms with Crippen molar-refractivity contribution in [3.8, 4) is 22.8 Å². The SMILES string of the molecule is Nc1cc([N+](=O)[O-])ccc1-c1nc(-c2cccnc2)no1. The zero-order chi connectivity index (χ0) is 14.8. The molecule has 2 aromatic heterocycles. The highest BCUT2D eigenvalue weighted by Gasteiger charge is 2.16. The van der Waals surface area contributed by atoms with Crippen LogP contribution < -0.4 is 5.73 Å². The minimum Gasteiger partial charge on any atom is -0.398 e. The molecular weight excluding hydrogens is 274 g/mol. The van der Waals surface area contributed by atoms with Crippen molar-refractivity contribution < 1.29 is 9.45 Å². The molecule has 0 amide bonds. The van der Waals surface area contributed by atoms with Gasteiger partial charge < -0.3 is 10.3 Å². The molecule has 0 spiro atoms. The molecule has 0 atom stereocenters. The number of nitrogen functional groups attached to an aromatic ring is 1. The van der Waals surface area contributed by atoms with Gasteiger partial charge in [-0.1, -0.05) is 5.16 Å².